The predicted molar refractivity (Wildman–Crippen MR) is 109 cm³/mol. The van der Waals surface area contributed by atoms with Crippen LogP contribution in [0.25, 0.3) is 0 Å². The SMILES string of the molecule is COCOc1ccc(C2C=CC(C)=CC2)cc1C12CC3CC(CC(C3)C1)C2. The van der Waals surface area contributed by atoms with E-state index in [0.717, 1.165) is 29.9 Å². The summed E-state index contributed by atoms with van der Waals surface area (Å²) in [4.78, 5) is 0. The van der Waals surface area contributed by atoms with Gasteiger partial charge in [-0.2, -0.15) is 0 Å². The van der Waals surface area contributed by atoms with Crippen LogP contribution < -0.4 is 4.74 Å². The van der Waals surface area contributed by atoms with Gasteiger partial charge in [0.15, 0.2) is 6.79 Å². The molecule has 27 heavy (non-hydrogen) atoms. The van der Waals surface area contributed by atoms with Crippen LogP contribution in [-0.2, 0) is 10.2 Å². The van der Waals surface area contributed by atoms with E-state index in [4.69, 9.17) is 9.47 Å². The van der Waals surface area contributed by atoms with Gasteiger partial charge in [0.05, 0.1) is 0 Å². The van der Waals surface area contributed by atoms with Crippen molar-refractivity contribution in [2.75, 3.05) is 13.9 Å². The molecule has 0 saturated heterocycles. The van der Waals surface area contributed by atoms with Crippen LogP contribution in [0, 0.1) is 17.8 Å². The van der Waals surface area contributed by atoms with Crippen LogP contribution in [0.3, 0.4) is 0 Å². The molecule has 1 unspecified atom stereocenters. The largest absolute Gasteiger partial charge is 0.467 e. The zero-order valence-corrected chi connectivity index (χ0v) is 16.7. The highest BCUT2D eigenvalue weighted by atomic mass is 16.7. The molecule has 1 atom stereocenters. The maximum Gasteiger partial charge on any atom is 0.188 e. The Morgan fingerprint density at radius 3 is 2.33 bits per heavy atom. The molecule has 6 rings (SSSR count). The van der Waals surface area contributed by atoms with E-state index in [1.54, 1.807) is 7.11 Å². The molecule has 5 aliphatic rings. The van der Waals surface area contributed by atoms with E-state index in [0.29, 0.717) is 18.1 Å². The minimum atomic E-state index is 0.337. The van der Waals surface area contributed by atoms with Gasteiger partial charge in [0, 0.05) is 18.6 Å². The lowest BCUT2D eigenvalue weighted by Gasteiger charge is -2.57. The van der Waals surface area contributed by atoms with Crippen molar-refractivity contribution in [1.82, 2.24) is 0 Å². The fourth-order valence-corrected chi connectivity index (χ4v) is 6.86. The van der Waals surface area contributed by atoms with Gasteiger partial charge < -0.3 is 9.47 Å². The molecule has 1 aromatic rings. The fraction of sp³-hybridized carbons (Fsp3) is 0.600. The third-order valence-electron chi connectivity index (χ3n) is 7.66. The Kier molecular flexibility index (Phi) is 4.43. The van der Waals surface area contributed by atoms with Crippen molar-refractivity contribution in [3.05, 3.63) is 53.1 Å². The summed E-state index contributed by atoms with van der Waals surface area (Å²) in [7, 11) is 1.71. The van der Waals surface area contributed by atoms with Crippen LogP contribution in [0.1, 0.15) is 68.9 Å². The number of hydrogen-bond donors (Lipinski definition) is 0. The summed E-state index contributed by atoms with van der Waals surface area (Å²) in [6, 6.07) is 7.00. The van der Waals surface area contributed by atoms with Crippen LogP contribution in [0.5, 0.6) is 5.75 Å². The Morgan fingerprint density at radius 1 is 1.04 bits per heavy atom. The number of ether oxygens (including phenoxy) is 2. The first-order valence-corrected chi connectivity index (χ1v) is 10.8. The summed E-state index contributed by atoms with van der Waals surface area (Å²) < 4.78 is 11.3. The van der Waals surface area contributed by atoms with Crippen molar-refractivity contribution >= 4 is 0 Å². The summed E-state index contributed by atoms with van der Waals surface area (Å²) in [5.74, 6) is 4.38. The first kappa shape index (κ1) is 17.6. The molecule has 0 amide bonds. The number of benzene rings is 1. The van der Waals surface area contributed by atoms with Gasteiger partial charge in [0.2, 0.25) is 0 Å². The second-order valence-corrected chi connectivity index (χ2v) is 9.65. The average molecular weight is 365 g/mol. The molecule has 0 radical (unpaired) electrons. The van der Waals surface area contributed by atoms with Gasteiger partial charge in [0.25, 0.3) is 0 Å². The summed E-state index contributed by atoms with van der Waals surface area (Å²) in [5, 5.41) is 0. The Balaban J connectivity index is 1.53. The zero-order chi connectivity index (χ0) is 18.4. The van der Waals surface area contributed by atoms with Gasteiger partial charge in [-0.15, -0.1) is 0 Å². The van der Waals surface area contributed by atoms with Gasteiger partial charge in [-0.25, -0.2) is 0 Å². The quantitative estimate of drug-likeness (QED) is 0.585. The molecule has 0 heterocycles. The van der Waals surface area contributed by atoms with Crippen molar-refractivity contribution < 1.29 is 9.47 Å². The summed E-state index contributed by atoms with van der Waals surface area (Å²) in [6.07, 6.45) is 16.7. The molecule has 144 valence electrons. The minimum Gasteiger partial charge on any atom is -0.467 e. The van der Waals surface area contributed by atoms with Crippen molar-refractivity contribution in [3.8, 4) is 5.75 Å². The maximum atomic E-state index is 6.08. The van der Waals surface area contributed by atoms with E-state index >= 15 is 0 Å². The lowest BCUT2D eigenvalue weighted by Crippen LogP contribution is -2.48. The third kappa shape index (κ3) is 3.16. The van der Waals surface area contributed by atoms with Gasteiger partial charge in [-0.3, -0.25) is 0 Å². The van der Waals surface area contributed by atoms with E-state index < -0.39 is 0 Å². The number of rotatable bonds is 5. The molecule has 0 N–H and O–H groups in total. The van der Waals surface area contributed by atoms with Crippen LogP contribution in [0.2, 0.25) is 0 Å². The van der Waals surface area contributed by atoms with E-state index in [1.165, 1.54) is 55.2 Å². The van der Waals surface area contributed by atoms with E-state index in [2.05, 4.69) is 43.4 Å². The predicted octanol–water partition coefficient (Wildman–Crippen LogP) is 6.13. The Labute approximate surface area is 163 Å². The van der Waals surface area contributed by atoms with Crippen molar-refractivity contribution in [1.29, 1.82) is 0 Å². The standard InChI is InChI=1S/C25H32O2/c1-17-3-5-21(6-4-17)22-7-8-24(27-16-26-2)23(12-22)25-13-18-9-19(14-25)11-20(10-18)15-25/h3-5,7-8,12,18-21H,6,9-11,13-16H2,1-2H3. The monoisotopic (exact) mass is 364 g/mol. The first-order valence-electron chi connectivity index (χ1n) is 10.8. The molecule has 0 spiro atoms. The number of hydrogen-bond acceptors (Lipinski definition) is 2. The van der Waals surface area contributed by atoms with Gasteiger partial charge in [-0.05, 0) is 86.7 Å². The molecule has 2 nitrogen and oxygen atoms in total. The van der Waals surface area contributed by atoms with Crippen LogP contribution >= 0.6 is 0 Å². The van der Waals surface area contributed by atoms with E-state index in [1.807, 2.05) is 0 Å². The molecule has 0 aromatic heterocycles. The van der Waals surface area contributed by atoms with Gasteiger partial charge in [-0.1, -0.05) is 35.9 Å². The second-order valence-electron chi connectivity index (χ2n) is 9.65. The maximum absolute atomic E-state index is 6.08. The average Bonchev–Trinajstić information content (AvgIpc) is 2.66. The van der Waals surface area contributed by atoms with Crippen LogP contribution in [0.4, 0.5) is 0 Å². The molecule has 4 bridgehead atoms. The number of allylic oxidation sites excluding steroid dienone is 4. The summed E-state index contributed by atoms with van der Waals surface area (Å²) in [6.45, 7) is 2.53. The molecular weight excluding hydrogens is 332 g/mol. The fourth-order valence-electron chi connectivity index (χ4n) is 6.86. The Bertz CT molecular complexity index is 737. The van der Waals surface area contributed by atoms with E-state index in [-0.39, 0.29) is 0 Å². The van der Waals surface area contributed by atoms with Crippen molar-refractivity contribution in [3.63, 3.8) is 0 Å². The van der Waals surface area contributed by atoms with Crippen molar-refractivity contribution in [2.24, 2.45) is 17.8 Å². The molecule has 4 saturated carbocycles. The molecule has 5 aliphatic carbocycles. The molecule has 2 heteroatoms. The van der Waals surface area contributed by atoms with Crippen LogP contribution in [0.15, 0.2) is 42.0 Å². The summed E-state index contributed by atoms with van der Waals surface area (Å²) >= 11 is 0. The van der Waals surface area contributed by atoms with Gasteiger partial charge in [0.1, 0.15) is 5.75 Å². The topological polar surface area (TPSA) is 18.5 Å². The molecule has 0 aliphatic heterocycles. The second kappa shape index (κ2) is 6.81. The lowest BCUT2D eigenvalue weighted by atomic mass is 9.48. The highest BCUT2D eigenvalue weighted by Gasteiger charge is 2.52. The highest BCUT2D eigenvalue weighted by Crippen LogP contribution is 2.62. The smallest absolute Gasteiger partial charge is 0.188 e. The normalized spacial score (nSPS) is 36.7. The highest BCUT2D eigenvalue weighted by molar-refractivity contribution is 5.46. The molecule has 4 fully saturated rings. The lowest BCUT2D eigenvalue weighted by molar-refractivity contribution is -0.00887. The Hall–Kier alpha value is -1.54. The van der Waals surface area contributed by atoms with Crippen molar-refractivity contribution in [2.45, 2.75) is 63.2 Å². The summed E-state index contributed by atoms with van der Waals surface area (Å²) in [5.41, 5.74) is 4.66. The Morgan fingerprint density at radius 2 is 1.74 bits per heavy atom. The third-order valence-corrected chi connectivity index (χ3v) is 7.66. The van der Waals surface area contributed by atoms with Gasteiger partial charge >= 0.3 is 0 Å². The first-order chi connectivity index (χ1) is 13.1. The zero-order valence-electron chi connectivity index (χ0n) is 16.7. The van der Waals surface area contributed by atoms with E-state index in [9.17, 15) is 0 Å². The van der Waals surface area contributed by atoms with Crippen LogP contribution in [-0.4, -0.2) is 13.9 Å². The molecular formula is C25H32O2. The minimum absolute atomic E-state index is 0.337. The molecule has 1 aromatic carbocycles. The number of methoxy groups -OCH3 is 1.